The molecule has 0 saturated carbocycles. The number of imidazole rings is 1. The van der Waals surface area contributed by atoms with Crippen LogP contribution in [0.2, 0.25) is 0 Å². The Labute approximate surface area is 199 Å². The molecule has 1 fully saturated rings. The van der Waals surface area contributed by atoms with Gasteiger partial charge < -0.3 is 14.4 Å². The Balaban J connectivity index is 1.22. The Morgan fingerprint density at radius 2 is 2.03 bits per heavy atom. The van der Waals surface area contributed by atoms with Crippen LogP contribution in [0.3, 0.4) is 0 Å². The molecule has 2 atom stereocenters. The van der Waals surface area contributed by atoms with Gasteiger partial charge in [0.25, 0.3) is 11.8 Å². The van der Waals surface area contributed by atoms with Crippen LogP contribution in [0.1, 0.15) is 58.0 Å². The first kappa shape index (κ1) is 21.2. The molecule has 1 saturated heterocycles. The van der Waals surface area contributed by atoms with E-state index in [0.717, 1.165) is 11.4 Å². The molecular formula is C23H22N8O4. The molecule has 6 rings (SSSR count). The van der Waals surface area contributed by atoms with Crippen molar-refractivity contribution in [2.75, 3.05) is 6.54 Å². The van der Waals surface area contributed by atoms with Crippen LogP contribution in [0, 0.1) is 0 Å². The largest absolute Gasteiger partial charge is 0.331 e. The summed E-state index contributed by atoms with van der Waals surface area (Å²) in [7, 11) is 0. The van der Waals surface area contributed by atoms with Crippen LogP contribution in [-0.2, 0) is 22.7 Å². The van der Waals surface area contributed by atoms with Crippen molar-refractivity contribution in [1.29, 1.82) is 0 Å². The van der Waals surface area contributed by atoms with E-state index in [0.29, 0.717) is 37.3 Å². The molecule has 0 radical (unpaired) electrons. The maximum absolute atomic E-state index is 13.1. The SMILES string of the molecule is CC1c2nccn2CCN1C(=O)c1cn(-c2ccc3c(c2)C(=O)N(C2CCC(=O)NC2=O)C3)nn1. The Bertz CT molecular complexity index is 1390. The highest BCUT2D eigenvalue weighted by Crippen LogP contribution is 2.29. The molecule has 3 aliphatic rings. The van der Waals surface area contributed by atoms with E-state index >= 15 is 0 Å². The van der Waals surface area contributed by atoms with E-state index < -0.39 is 11.9 Å². The minimum Gasteiger partial charge on any atom is -0.331 e. The van der Waals surface area contributed by atoms with Crippen molar-refractivity contribution in [3.8, 4) is 5.69 Å². The molecule has 178 valence electrons. The highest BCUT2D eigenvalue weighted by Gasteiger charge is 2.39. The predicted octanol–water partition coefficient (Wildman–Crippen LogP) is 0.442. The molecule has 0 aliphatic carbocycles. The molecule has 3 aromatic rings. The third-order valence-electron chi connectivity index (χ3n) is 6.92. The standard InChI is InChI=1S/C23H22N8O4/c1-13-20-24-6-7-28(20)8-9-29(13)23(35)17-12-31(27-26-17)15-3-2-14-11-30(22(34)16(14)10-15)18-4-5-19(32)25-21(18)33/h2-3,6-7,10,12-13,18H,4-5,8-9,11H2,1H3,(H,25,32,33). The number of hydrogen-bond donors (Lipinski definition) is 1. The predicted molar refractivity (Wildman–Crippen MR) is 119 cm³/mol. The summed E-state index contributed by atoms with van der Waals surface area (Å²) in [5.41, 5.74) is 2.04. The van der Waals surface area contributed by atoms with Crippen molar-refractivity contribution in [3.63, 3.8) is 0 Å². The van der Waals surface area contributed by atoms with Crippen LogP contribution in [-0.4, -0.2) is 70.6 Å². The molecule has 1 N–H and O–H groups in total. The number of amides is 4. The van der Waals surface area contributed by atoms with E-state index in [2.05, 4.69) is 20.6 Å². The number of nitrogens with zero attached hydrogens (tertiary/aromatic N) is 7. The third kappa shape index (κ3) is 3.40. The number of nitrogens with one attached hydrogen (secondary N) is 1. The first-order valence-corrected chi connectivity index (χ1v) is 11.4. The number of carbonyl (C=O) groups is 4. The van der Waals surface area contributed by atoms with Crippen LogP contribution < -0.4 is 5.32 Å². The summed E-state index contributed by atoms with van der Waals surface area (Å²) in [5, 5.41) is 10.5. The van der Waals surface area contributed by atoms with Gasteiger partial charge >= 0.3 is 0 Å². The summed E-state index contributed by atoms with van der Waals surface area (Å²) < 4.78 is 3.50. The molecule has 1 aromatic carbocycles. The minimum atomic E-state index is -0.672. The van der Waals surface area contributed by atoms with Gasteiger partial charge in [0.2, 0.25) is 11.8 Å². The summed E-state index contributed by atoms with van der Waals surface area (Å²) in [6.07, 6.45) is 5.69. The first-order valence-electron chi connectivity index (χ1n) is 11.4. The van der Waals surface area contributed by atoms with Gasteiger partial charge in [0.05, 0.1) is 17.9 Å². The lowest BCUT2D eigenvalue weighted by Gasteiger charge is -2.33. The second-order valence-corrected chi connectivity index (χ2v) is 8.94. The zero-order valence-electron chi connectivity index (χ0n) is 18.9. The van der Waals surface area contributed by atoms with Gasteiger partial charge in [0.1, 0.15) is 11.9 Å². The first-order chi connectivity index (χ1) is 16.9. The van der Waals surface area contributed by atoms with Gasteiger partial charge in [-0.1, -0.05) is 11.3 Å². The fourth-order valence-electron chi connectivity index (χ4n) is 5.02. The second kappa shape index (κ2) is 7.86. The van der Waals surface area contributed by atoms with Crippen molar-refractivity contribution in [1.82, 2.24) is 39.7 Å². The molecule has 3 aliphatic heterocycles. The van der Waals surface area contributed by atoms with Gasteiger partial charge in [0, 0.05) is 44.0 Å². The lowest BCUT2D eigenvalue weighted by Crippen LogP contribution is -2.52. The fraction of sp³-hybridized carbons (Fsp3) is 0.348. The average molecular weight is 474 g/mol. The molecule has 2 aromatic heterocycles. The second-order valence-electron chi connectivity index (χ2n) is 8.94. The van der Waals surface area contributed by atoms with E-state index in [1.165, 1.54) is 9.58 Å². The van der Waals surface area contributed by atoms with E-state index in [1.807, 2.05) is 23.8 Å². The molecule has 4 amide bonds. The summed E-state index contributed by atoms with van der Waals surface area (Å²) in [5.74, 6) is -0.450. The van der Waals surface area contributed by atoms with Crippen molar-refractivity contribution in [2.24, 2.45) is 0 Å². The summed E-state index contributed by atoms with van der Waals surface area (Å²) in [6, 6.07) is 4.43. The molecule has 0 spiro atoms. The molecule has 12 nitrogen and oxygen atoms in total. The lowest BCUT2D eigenvalue weighted by molar-refractivity contribution is -0.136. The Kier molecular flexibility index (Phi) is 4.76. The Hall–Kier alpha value is -4.35. The van der Waals surface area contributed by atoms with Gasteiger partial charge in [-0.25, -0.2) is 9.67 Å². The Morgan fingerprint density at radius 1 is 1.17 bits per heavy atom. The van der Waals surface area contributed by atoms with Crippen LogP contribution in [0.15, 0.2) is 36.8 Å². The van der Waals surface area contributed by atoms with E-state index in [9.17, 15) is 19.2 Å². The van der Waals surface area contributed by atoms with E-state index in [-0.39, 0.29) is 35.9 Å². The van der Waals surface area contributed by atoms with Crippen molar-refractivity contribution < 1.29 is 19.2 Å². The molecular weight excluding hydrogens is 452 g/mol. The van der Waals surface area contributed by atoms with Crippen LogP contribution in [0.5, 0.6) is 0 Å². The van der Waals surface area contributed by atoms with Crippen molar-refractivity contribution in [2.45, 2.75) is 44.9 Å². The van der Waals surface area contributed by atoms with Gasteiger partial charge in [-0.15, -0.1) is 5.10 Å². The molecule has 0 bridgehead atoms. The van der Waals surface area contributed by atoms with Crippen molar-refractivity contribution >= 4 is 23.6 Å². The number of piperidine rings is 1. The number of imide groups is 1. The molecule has 2 unspecified atom stereocenters. The highest BCUT2D eigenvalue weighted by molar-refractivity contribution is 6.05. The van der Waals surface area contributed by atoms with Crippen LogP contribution >= 0.6 is 0 Å². The normalized spacial score (nSPS) is 21.7. The van der Waals surface area contributed by atoms with Gasteiger partial charge in [-0.3, -0.25) is 24.5 Å². The van der Waals surface area contributed by atoms with Crippen LogP contribution in [0.25, 0.3) is 5.69 Å². The number of benzene rings is 1. The monoisotopic (exact) mass is 474 g/mol. The number of carbonyl (C=O) groups excluding carboxylic acids is 4. The summed E-state index contributed by atoms with van der Waals surface area (Å²) >= 11 is 0. The van der Waals surface area contributed by atoms with E-state index in [4.69, 9.17) is 0 Å². The topological polar surface area (TPSA) is 135 Å². The van der Waals surface area contributed by atoms with Gasteiger partial charge in [-0.05, 0) is 31.0 Å². The molecule has 35 heavy (non-hydrogen) atoms. The Morgan fingerprint density at radius 3 is 2.86 bits per heavy atom. The maximum Gasteiger partial charge on any atom is 0.276 e. The van der Waals surface area contributed by atoms with Gasteiger partial charge in [0.15, 0.2) is 5.69 Å². The summed E-state index contributed by atoms with van der Waals surface area (Å²) in [6.45, 7) is 3.43. The van der Waals surface area contributed by atoms with Gasteiger partial charge in [-0.2, -0.15) is 0 Å². The highest BCUT2D eigenvalue weighted by atomic mass is 16.2. The smallest absolute Gasteiger partial charge is 0.276 e. The summed E-state index contributed by atoms with van der Waals surface area (Å²) in [4.78, 5) is 57.5. The third-order valence-corrected chi connectivity index (χ3v) is 6.92. The van der Waals surface area contributed by atoms with Crippen LogP contribution in [0.4, 0.5) is 0 Å². The lowest BCUT2D eigenvalue weighted by atomic mass is 10.0. The quantitative estimate of drug-likeness (QED) is 0.544. The van der Waals surface area contributed by atoms with Crippen molar-refractivity contribution in [3.05, 3.63) is 59.4 Å². The van der Waals surface area contributed by atoms with E-state index in [1.54, 1.807) is 29.4 Å². The number of hydrogen-bond acceptors (Lipinski definition) is 7. The molecule has 12 heteroatoms. The number of fused-ring (bicyclic) bond motifs is 2. The zero-order chi connectivity index (χ0) is 24.3. The number of aromatic nitrogens is 5. The fourth-order valence-corrected chi connectivity index (χ4v) is 5.02. The zero-order valence-corrected chi connectivity index (χ0v) is 18.9. The average Bonchev–Trinajstić information content (AvgIpc) is 3.58. The number of rotatable bonds is 3. The molecule has 5 heterocycles. The maximum atomic E-state index is 13.1. The minimum absolute atomic E-state index is 0.188.